The van der Waals surface area contributed by atoms with Crippen molar-refractivity contribution in [1.82, 2.24) is 4.98 Å². The standard InChI is InChI=1S/C18H19N3/c1-12(2)13-3-7-16(8-4-13)20-18-10-5-14-11-15(19)6-9-17(14)21-18/h3-12H,19H2,1-2H3,(H,20,21). The minimum atomic E-state index is 0.545. The van der Waals surface area contributed by atoms with Crippen LogP contribution in [-0.2, 0) is 0 Å². The van der Waals surface area contributed by atoms with Gasteiger partial charge in [-0.25, -0.2) is 4.98 Å². The second-order valence-corrected chi connectivity index (χ2v) is 5.55. The molecular formula is C18H19N3. The first-order chi connectivity index (χ1) is 10.1. The molecule has 3 nitrogen and oxygen atoms in total. The fourth-order valence-electron chi connectivity index (χ4n) is 2.31. The maximum Gasteiger partial charge on any atom is 0.131 e. The second kappa shape index (κ2) is 5.44. The largest absolute Gasteiger partial charge is 0.399 e. The number of nitrogens with zero attached hydrogens (tertiary/aromatic N) is 1. The molecule has 0 unspecified atom stereocenters. The van der Waals surface area contributed by atoms with Gasteiger partial charge in [0.1, 0.15) is 5.82 Å². The van der Waals surface area contributed by atoms with E-state index in [4.69, 9.17) is 5.73 Å². The van der Waals surface area contributed by atoms with E-state index >= 15 is 0 Å². The molecule has 3 N–H and O–H groups in total. The summed E-state index contributed by atoms with van der Waals surface area (Å²) in [4.78, 5) is 4.60. The van der Waals surface area contributed by atoms with E-state index in [1.54, 1.807) is 0 Å². The van der Waals surface area contributed by atoms with Crippen LogP contribution in [0, 0.1) is 0 Å². The maximum absolute atomic E-state index is 5.78. The first kappa shape index (κ1) is 13.4. The van der Waals surface area contributed by atoms with Crippen molar-refractivity contribution in [2.45, 2.75) is 19.8 Å². The van der Waals surface area contributed by atoms with Crippen LogP contribution in [0.2, 0.25) is 0 Å². The zero-order valence-corrected chi connectivity index (χ0v) is 12.3. The zero-order valence-electron chi connectivity index (χ0n) is 12.3. The predicted molar refractivity (Wildman–Crippen MR) is 90.0 cm³/mol. The molecule has 0 aliphatic heterocycles. The van der Waals surface area contributed by atoms with Gasteiger partial charge in [0, 0.05) is 16.8 Å². The van der Waals surface area contributed by atoms with Crippen LogP contribution in [-0.4, -0.2) is 4.98 Å². The summed E-state index contributed by atoms with van der Waals surface area (Å²) in [6, 6.07) is 18.2. The summed E-state index contributed by atoms with van der Waals surface area (Å²) in [7, 11) is 0. The lowest BCUT2D eigenvalue weighted by molar-refractivity contribution is 0.867. The van der Waals surface area contributed by atoms with E-state index < -0.39 is 0 Å². The molecule has 0 amide bonds. The van der Waals surface area contributed by atoms with Crippen molar-refractivity contribution in [3.8, 4) is 0 Å². The Kier molecular flexibility index (Phi) is 3.48. The van der Waals surface area contributed by atoms with Crippen LogP contribution >= 0.6 is 0 Å². The first-order valence-corrected chi connectivity index (χ1v) is 7.15. The molecule has 0 atom stereocenters. The van der Waals surface area contributed by atoms with Gasteiger partial charge in [-0.1, -0.05) is 26.0 Å². The maximum atomic E-state index is 5.78. The molecule has 1 aromatic heterocycles. The molecule has 0 saturated heterocycles. The van der Waals surface area contributed by atoms with Crippen molar-refractivity contribution >= 4 is 28.1 Å². The van der Waals surface area contributed by atoms with E-state index in [9.17, 15) is 0 Å². The van der Waals surface area contributed by atoms with Crippen molar-refractivity contribution in [2.24, 2.45) is 0 Å². The van der Waals surface area contributed by atoms with Gasteiger partial charge in [0.25, 0.3) is 0 Å². The topological polar surface area (TPSA) is 50.9 Å². The lowest BCUT2D eigenvalue weighted by atomic mass is 10.0. The number of aromatic nitrogens is 1. The van der Waals surface area contributed by atoms with E-state index in [0.717, 1.165) is 28.1 Å². The molecule has 2 aromatic carbocycles. The summed E-state index contributed by atoms with van der Waals surface area (Å²) in [5.74, 6) is 1.38. The fourth-order valence-corrected chi connectivity index (χ4v) is 2.31. The summed E-state index contributed by atoms with van der Waals surface area (Å²) in [6.45, 7) is 4.39. The van der Waals surface area contributed by atoms with Crippen molar-refractivity contribution in [3.05, 3.63) is 60.2 Å². The highest BCUT2D eigenvalue weighted by Crippen LogP contribution is 2.22. The van der Waals surface area contributed by atoms with Gasteiger partial charge < -0.3 is 11.1 Å². The van der Waals surface area contributed by atoms with Crippen molar-refractivity contribution in [3.63, 3.8) is 0 Å². The summed E-state index contributed by atoms with van der Waals surface area (Å²) >= 11 is 0. The molecule has 3 aromatic rings. The molecule has 21 heavy (non-hydrogen) atoms. The first-order valence-electron chi connectivity index (χ1n) is 7.15. The van der Waals surface area contributed by atoms with Crippen molar-refractivity contribution in [1.29, 1.82) is 0 Å². The van der Waals surface area contributed by atoms with Gasteiger partial charge in [-0.3, -0.25) is 0 Å². The summed E-state index contributed by atoms with van der Waals surface area (Å²) in [5.41, 5.74) is 9.86. The Balaban J connectivity index is 1.85. The number of benzene rings is 2. The second-order valence-electron chi connectivity index (χ2n) is 5.55. The number of fused-ring (bicyclic) bond motifs is 1. The minimum Gasteiger partial charge on any atom is -0.399 e. The van der Waals surface area contributed by atoms with Gasteiger partial charge in [-0.2, -0.15) is 0 Å². The molecule has 0 aliphatic carbocycles. The van der Waals surface area contributed by atoms with E-state index in [0.29, 0.717) is 5.92 Å². The molecule has 106 valence electrons. The van der Waals surface area contributed by atoms with Crippen LogP contribution in [0.5, 0.6) is 0 Å². The van der Waals surface area contributed by atoms with Crippen LogP contribution in [0.3, 0.4) is 0 Å². The SMILES string of the molecule is CC(C)c1ccc(Nc2ccc3cc(N)ccc3n2)cc1. The van der Waals surface area contributed by atoms with Crippen LogP contribution in [0.25, 0.3) is 10.9 Å². The van der Waals surface area contributed by atoms with E-state index in [2.05, 4.69) is 48.4 Å². The monoisotopic (exact) mass is 277 g/mol. The molecule has 3 heteroatoms. The number of nitrogens with one attached hydrogen (secondary N) is 1. The number of anilines is 3. The molecular weight excluding hydrogens is 258 g/mol. The quantitative estimate of drug-likeness (QED) is 0.683. The average molecular weight is 277 g/mol. The summed E-state index contributed by atoms with van der Waals surface area (Å²) < 4.78 is 0. The Morgan fingerprint density at radius 1 is 0.952 bits per heavy atom. The van der Waals surface area contributed by atoms with E-state index in [1.807, 2.05) is 30.3 Å². The molecule has 0 radical (unpaired) electrons. The lowest BCUT2D eigenvalue weighted by Gasteiger charge is -2.09. The third-order valence-electron chi connectivity index (χ3n) is 3.56. The van der Waals surface area contributed by atoms with Gasteiger partial charge in [0.2, 0.25) is 0 Å². The van der Waals surface area contributed by atoms with Gasteiger partial charge in [0.15, 0.2) is 0 Å². The van der Waals surface area contributed by atoms with Crippen molar-refractivity contribution < 1.29 is 0 Å². The van der Waals surface area contributed by atoms with Crippen LogP contribution in [0.4, 0.5) is 17.2 Å². The molecule has 3 rings (SSSR count). The Morgan fingerprint density at radius 3 is 2.43 bits per heavy atom. The summed E-state index contributed by atoms with van der Waals surface area (Å²) in [6.07, 6.45) is 0. The Labute approximate surface area is 124 Å². The lowest BCUT2D eigenvalue weighted by Crippen LogP contribution is -1.95. The number of pyridine rings is 1. The average Bonchev–Trinajstić information content (AvgIpc) is 2.48. The van der Waals surface area contributed by atoms with Gasteiger partial charge in [0.05, 0.1) is 5.52 Å². The van der Waals surface area contributed by atoms with E-state index in [-0.39, 0.29) is 0 Å². The van der Waals surface area contributed by atoms with Crippen molar-refractivity contribution in [2.75, 3.05) is 11.1 Å². The number of nitrogens with two attached hydrogens (primary N) is 1. The fraction of sp³-hybridized carbons (Fsp3) is 0.167. The van der Waals surface area contributed by atoms with Gasteiger partial charge in [-0.15, -0.1) is 0 Å². The van der Waals surface area contributed by atoms with Gasteiger partial charge in [-0.05, 0) is 53.9 Å². The van der Waals surface area contributed by atoms with Crippen LogP contribution in [0.15, 0.2) is 54.6 Å². The molecule has 0 spiro atoms. The van der Waals surface area contributed by atoms with Crippen LogP contribution in [0.1, 0.15) is 25.3 Å². The Hall–Kier alpha value is -2.55. The third-order valence-corrected chi connectivity index (χ3v) is 3.56. The highest BCUT2D eigenvalue weighted by Gasteiger charge is 2.02. The molecule has 0 aliphatic rings. The number of rotatable bonds is 3. The smallest absolute Gasteiger partial charge is 0.131 e. The van der Waals surface area contributed by atoms with Crippen LogP contribution < -0.4 is 11.1 Å². The Morgan fingerprint density at radius 2 is 1.71 bits per heavy atom. The normalized spacial score (nSPS) is 11.0. The third kappa shape index (κ3) is 2.97. The zero-order chi connectivity index (χ0) is 14.8. The highest BCUT2D eigenvalue weighted by atomic mass is 15.0. The van der Waals surface area contributed by atoms with Gasteiger partial charge >= 0.3 is 0 Å². The molecule has 1 heterocycles. The minimum absolute atomic E-state index is 0.545. The Bertz CT molecular complexity index is 761. The highest BCUT2D eigenvalue weighted by molar-refractivity contribution is 5.83. The predicted octanol–water partition coefficient (Wildman–Crippen LogP) is 4.68. The molecule has 0 bridgehead atoms. The molecule has 0 saturated carbocycles. The summed E-state index contributed by atoms with van der Waals surface area (Å²) in [5, 5.41) is 4.39. The van der Waals surface area contributed by atoms with E-state index in [1.165, 1.54) is 5.56 Å². The number of hydrogen-bond donors (Lipinski definition) is 2. The number of nitrogen functional groups attached to an aromatic ring is 1. The number of hydrogen-bond acceptors (Lipinski definition) is 3. The molecule has 0 fully saturated rings.